The monoisotopic (exact) mass is 525 g/mol. The molecule has 1 atom stereocenters. The number of hydrogen-bond acceptors (Lipinski definition) is 5. The summed E-state index contributed by atoms with van der Waals surface area (Å²) in [5.41, 5.74) is 1.62. The average molecular weight is 526 g/mol. The Hall–Kier alpha value is -3.82. The van der Waals surface area contributed by atoms with E-state index < -0.39 is 33.6 Å². The van der Waals surface area contributed by atoms with Crippen LogP contribution in [0.2, 0.25) is 0 Å². The highest BCUT2D eigenvalue weighted by molar-refractivity contribution is 7.90. The maximum Gasteiger partial charge on any atom is 0.335 e. The topological polar surface area (TPSA) is 110 Å². The zero-order valence-electron chi connectivity index (χ0n) is 20.7. The summed E-state index contributed by atoms with van der Waals surface area (Å²) in [7, 11) is -1.95. The largest absolute Gasteiger partial charge is 0.478 e. The lowest BCUT2D eigenvalue weighted by molar-refractivity contribution is -0.111. The minimum Gasteiger partial charge on any atom is -0.478 e. The van der Waals surface area contributed by atoms with Gasteiger partial charge in [0, 0.05) is 24.6 Å². The molecule has 2 N–H and O–H groups in total. The molecule has 0 saturated carbocycles. The number of aromatic carboxylic acids is 1. The summed E-state index contributed by atoms with van der Waals surface area (Å²) in [5, 5.41) is 12.0. The molecule has 0 aliphatic heterocycles. The lowest BCUT2D eigenvalue weighted by atomic mass is 9.88. The molecule has 0 heterocycles. The molecule has 0 fully saturated rings. The van der Waals surface area contributed by atoms with Crippen LogP contribution in [0.4, 0.5) is 10.1 Å². The third-order valence-electron chi connectivity index (χ3n) is 5.73. The fraction of sp³-hybridized carbons (Fsp3) is 0.214. The molecule has 194 valence electrons. The Bertz CT molecular complexity index is 1430. The Kier molecular flexibility index (Phi) is 8.96. The third kappa shape index (κ3) is 6.90. The van der Waals surface area contributed by atoms with Crippen LogP contribution in [-0.2, 0) is 19.4 Å². The van der Waals surface area contributed by atoms with Crippen molar-refractivity contribution in [3.8, 4) is 0 Å². The lowest BCUT2D eigenvalue weighted by Crippen LogP contribution is -2.21. The van der Waals surface area contributed by atoms with Gasteiger partial charge in [-0.25, -0.2) is 17.6 Å². The molecule has 0 aliphatic carbocycles. The molecule has 0 radical (unpaired) electrons. The predicted octanol–water partition coefficient (Wildman–Crippen LogP) is 5.29. The van der Waals surface area contributed by atoms with E-state index in [1.165, 1.54) is 55.6 Å². The van der Waals surface area contributed by atoms with Crippen molar-refractivity contribution < 1.29 is 32.2 Å². The molecular weight excluding hydrogens is 497 g/mol. The number of carboxylic acid groups (broad SMARTS) is 1. The van der Waals surface area contributed by atoms with Gasteiger partial charge in [-0.15, -0.1) is 0 Å². The van der Waals surface area contributed by atoms with Crippen LogP contribution in [0.3, 0.4) is 0 Å². The lowest BCUT2D eigenvalue weighted by Gasteiger charge is -2.24. The van der Waals surface area contributed by atoms with E-state index in [0.29, 0.717) is 24.0 Å². The second-order valence-electron chi connectivity index (χ2n) is 8.45. The van der Waals surface area contributed by atoms with Gasteiger partial charge in [-0.1, -0.05) is 43.7 Å². The van der Waals surface area contributed by atoms with Crippen molar-refractivity contribution >= 4 is 38.5 Å². The summed E-state index contributed by atoms with van der Waals surface area (Å²) in [6.45, 7) is 1.95. The molecule has 9 heteroatoms. The zero-order valence-corrected chi connectivity index (χ0v) is 21.5. The number of rotatable bonds is 10. The number of anilines is 1. The third-order valence-corrected chi connectivity index (χ3v) is 6.86. The van der Waals surface area contributed by atoms with E-state index in [2.05, 4.69) is 5.32 Å². The van der Waals surface area contributed by atoms with Crippen molar-refractivity contribution in [3.63, 3.8) is 0 Å². The molecular formula is C28H28FNO6S. The molecule has 0 aliphatic rings. The predicted molar refractivity (Wildman–Crippen MR) is 141 cm³/mol. The van der Waals surface area contributed by atoms with Crippen LogP contribution in [0, 0.1) is 5.82 Å². The highest BCUT2D eigenvalue weighted by Crippen LogP contribution is 2.34. The summed E-state index contributed by atoms with van der Waals surface area (Å²) >= 11 is 0. The van der Waals surface area contributed by atoms with Crippen molar-refractivity contribution in [2.24, 2.45) is 0 Å². The maximum atomic E-state index is 14.3. The number of benzene rings is 3. The second-order valence-corrected chi connectivity index (χ2v) is 10.5. The standard InChI is InChI=1S/C28H28FNO6S/c1-4-7-24(36-2)25(18-12-14-23(15-13-18)37(3,34)35)26(19-8-5-10-21(29)16-19)27(31)30-22-11-6-9-20(17-22)28(32)33/h5-6,8-17,24H,4,7H2,1-3H3,(H,30,31)(H,32,33)/b26-25-. The van der Waals surface area contributed by atoms with Gasteiger partial charge in [-0.05, 0) is 60.0 Å². The summed E-state index contributed by atoms with van der Waals surface area (Å²) in [6.07, 6.45) is 1.76. The van der Waals surface area contributed by atoms with E-state index in [1.807, 2.05) is 6.92 Å². The number of carbonyl (C=O) groups is 2. The molecule has 0 aromatic heterocycles. The molecule has 1 amide bonds. The Morgan fingerprint density at radius 2 is 1.62 bits per heavy atom. The quantitative estimate of drug-likeness (QED) is 0.275. The van der Waals surface area contributed by atoms with Gasteiger partial charge in [0.25, 0.3) is 5.91 Å². The van der Waals surface area contributed by atoms with Crippen LogP contribution in [0.25, 0.3) is 11.1 Å². The van der Waals surface area contributed by atoms with Gasteiger partial charge < -0.3 is 15.2 Å². The number of amides is 1. The first-order valence-corrected chi connectivity index (χ1v) is 13.4. The summed E-state index contributed by atoms with van der Waals surface area (Å²) in [6, 6.07) is 17.4. The van der Waals surface area contributed by atoms with Crippen molar-refractivity contribution in [3.05, 3.63) is 95.3 Å². The van der Waals surface area contributed by atoms with Gasteiger partial charge in [0.1, 0.15) is 5.82 Å². The number of carboxylic acids is 1. The van der Waals surface area contributed by atoms with Crippen molar-refractivity contribution in [2.75, 3.05) is 18.7 Å². The van der Waals surface area contributed by atoms with Crippen LogP contribution >= 0.6 is 0 Å². The Morgan fingerprint density at radius 1 is 0.973 bits per heavy atom. The molecule has 1 unspecified atom stereocenters. The molecule has 3 aromatic rings. The number of halogens is 1. The molecule has 3 rings (SSSR count). The van der Waals surface area contributed by atoms with E-state index in [4.69, 9.17) is 4.74 Å². The van der Waals surface area contributed by atoms with Gasteiger partial charge in [0.05, 0.1) is 22.1 Å². The highest BCUT2D eigenvalue weighted by atomic mass is 32.2. The highest BCUT2D eigenvalue weighted by Gasteiger charge is 2.26. The average Bonchev–Trinajstić information content (AvgIpc) is 2.85. The maximum absolute atomic E-state index is 14.3. The molecule has 3 aromatic carbocycles. The number of nitrogens with one attached hydrogen (secondary N) is 1. The number of ether oxygens (including phenoxy) is 1. The number of sulfone groups is 1. The van der Waals surface area contributed by atoms with E-state index in [1.54, 1.807) is 24.3 Å². The molecule has 0 spiro atoms. The Balaban J connectivity index is 2.27. The second kappa shape index (κ2) is 11.9. The summed E-state index contributed by atoms with van der Waals surface area (Å²) in [5.74, 6) is -2.30. The Morgan fingerprint density at radius 3 is 2.19 bits per heavy atom. The van der Waals surface area contributed by atoms with Gasteiger partial charge >= 0.3 is 5.97 Å². The number of methoxy groups -OCH3 is 1. The zero-order chi connectivity index (χ0) is 27.2. The summed E-state index contributed by atoms with van der Waals surface area (Å²) < 4.78 is 44.1. The fourth-order valence-electron chi connectivity index (χ4n) is 3.99. The van der Waals surface area contributed by atoms with Gasteiger partial charge in [-0.3, -0.25) is 4.79 Å². The Labute approximate surface area is 215 Å². The van der Waals surface area contributed by atoms with Crippen LogP contribution < -0.4 is 5.32 Å². The molecule has 0 bridgehead atoms. The molecule has 0 saturated heterocycles. The van der Waals surface area contributed by atoms with Crippen LogP contribution in [0.1, 0.15) is 41.3 Å². The number of carbonyl (C=O) groups excluding carboxylic acids is 1. The first kappa shape index (κ1) is 27.8. The molecule has 37 heavy (non-hydrogen) atoms. The minimum atomic E-state index is -3.45. The first-order valence-electron chi connectivity index (χ1n) is 11.5. The smallest absolute Gasteiger partial charge is 0.335 e. The van der Waals surface area contributed by atoms with Gasteiger partial charge in [-0.2, -0.15) is 0 Å². The van der Waals surface area contributed by atoms with Crippen LogP contribution in [0.5, 0.6) is 0 Å². The molecule has 7 nitrogen and oxygen atoms in total. The van der Waals surface area contributed by atoms with E-state index in [9.17, 15) is 27.5 Å². The van der Waals surface area contributed by atoms with Crippen molar-refractivity contribution in [1.29, 1.82) is 0 Å². The van der Waals surface area contributed by atoms with Crippen LogP contribution in [-0.4, -0.2) is 44.9 Å². The van der Waals surface area contributed by atoms with E-state index in [-0.39, 0.29) is 27.3 Å². The van der Waals surface area contributed by atoms with Crippen molar-refractivity contribution in [1.82, 2.24) is 0 Å². The van der Waals surface area contributed by atoms with Gasteiger partial charge in [0.15, 0.2) is 9.84 Å². The van der Waals surface area contributed by atoms with Crippen LogP contribution in [0.15, 0.2) is 77.7 Å². The van der Waals surface area contributed by atoms with Crippen molar-refractivity contribution in [2.45, 2.75) is 30.8 Å². The normalized spacial score (nSPS) is 13.0. The van der Waals surface area contributed by atoms with E-state index in [0.717, 1.165) is 6.26 Å². The first-order chi connectivity index (χ1) is 17.5. The summed E-state index contributed by atoms with van der Waals surface area (Å²) in [4.78, 5) is 25.3. The minimum absolute atomic E-state index is 0.00794. The van der Waals surface area contributed by atoms with Gasteiger partial charge in [0.2, 0.25) is 0 Å². The van der Waals surface area contributed by atoms with E-state index >= 15 is 0 Å². The fourth-order valence-corrected chi connectivity index (χ4v) is 4.62. The SMILES string of the molecule is CCCC(OC)/C(=C(\C(=O)Nc1cccc(C(=O)O)c1)c1cccc(F)c1)c1ccc(S(C)(=O)=O)cc1. The number of hydrogen-bond donors (Lipinski definition) is 2.